The summed E-state index contributed by atoms with van der Waals surface area (Å²) in [5.41, 5.74) is 2.34. The highest BCUT2D eigenvalue weighted by Gasteiger charge is 2.09. The average Bonchev–Trinajstić information content (AvgIpc) is 2.48. The Hall–Kier alpha value is -2.39. The van der Waals surface area contributed by atoms with Crippen molar-refractivity contribution >= 4 is 34.1 Å². The van der Waals surface area contributed by atoms with Crippen molar-refractivity contribution in [1.82, 2.24) is 4.98 Å². The monoisotopic (exact) mass is 296 g/mol. The Morgan fingerprint density at radius 1 is 1.10 bits per heavy atom. The Kier molecular flexibility index (Phi) is 3.84. The number of carbonyl (C=O) groups excluding carboxylic acids is 1. The standard InChI is InChI=1S/C17H13ClN2O/c18-14-10-13-7-4-8-19-17(13)15(11-14)20-16(21)9-12-5-2-1-3-6-12/h1-8,10-11H,9H2,(H,20,21). The quantitative estimate of drug-likeness (QED) is 0.791. The molecule has 4 heteroatoms. The Morgan fingerprint density at radius 3 is 2.71 bits per heavy atom. The zero-order valence-electron chi connectivity index (χ0n) is 11.2. The Balaban J connectivity index is 1.86. The number of nitrogens with one attached hydrogen (secondary N) is 1. The summed E-state index contributed by atoms with van der Waals surface area (Å²) in [5, 5.41) is 4.37. The van der Waals surface area contributed by atoms with Crippen LogP contribution < -0.4 is 5.32 Å². The van der Waals surface area contributed by atoms with E-state index < -0.39 is 0 Å². The van der Waals surface area contributed by atoms with E-state index in [1.807, 2.05) is 48.5 Å². The molecule has 0 aliphatic rings. The van der Waals surface area contributed by atoms with Crippen LogP contribution in [-0.2, 0) is 11.2 Å². The van der Waals surface area contributed by atoms with Crippen molar-refractivity contribution < 1.29 is 4.79 Å². The molecule has 0 aliphatic carbocycles. The first kappa shape index (κ1) is 13.6. The van der Waals surface area contributed by atoms with Gasteiger partial charge in [-0.2, -0.15) is 0 Å². The van der Waals surface area contributed by atoms with Gasteiger partial charge in [-0.25, -0.2) is 0 Å². The molecule has 104 valence electrons. The van der Waals surface area contributed by atoms with Gasteiger partial charge in [-0.3, -0.25) is 9.78 Å². The van der Waals surface area contributed by atoms with E-state index in [9.17, 15) is 4.79 Å². The van der Waals surface area contributed by atoms with Gasteiger partial charge in [0.2, 0.25) is 5.91 Å². The smallest absolute Gasteiger partial charge is 0.228 e. The van der Waals surface area contributed by atoms with Gasteiger partial charge < -0.3 is 5.32 Å². The van der Waals surface area contributed by atoms with Crippen molar-refractivity contribution in [3.05, 3.63) is 71.4 Å². The molecule has 1 aromatic heterocycles. The summed E-state index contributed by atoms with van der Waals surface area (Å²) in [6.45, 7) is 0. The molecular weight excluding hydrogens is 284 g/mol. The molecular formula is C17H13ClN2O. The molecule has 0 atom stereocenters. The van der Waals surface area contributed by atoms with Gasteiger partial charge in [0.05, 0.1) is 17.6 Å². The molecule has 3 aromatic rings. The second-order valence-corrected chi connectivity index (χ2v) is 5.18. The molecule has 0 bridgehead atoms. The van der Waals surface area contributed by atoms with E-state index in [-0.39, 0.29) is 5.91 Å². The lowest BCUT2D eigenvalue weighted by Crippen LogP contribution is -2.14. The number of anilines is 1. The first-order valence-corrected chi connectivity index (χ1v) is 6.98. The predicted octanol–water partition coefficient (Wildman–Crippen LogP) is 4.07. The van der Waals surface area contributed by atoms with E-state index in [0.29, 0.717) is 17.1 Å². The third kappa shape index (κ3) is 3.20. The number of benzene rings is 2. The fourth-order valence-corrected chi connectivity index (χ4v) is 2.45. The first-order chi connectivity index (χ1) is 10.2. The van der Waals surface area contributed by atoms with Crippen molar-refractivity contribution in [2.75, 3.05) is 5.32 Å². The molecule has 0 spiro atoms. The molecule has 1 amide bonds. The highest BCUT2D eigenvalue weighted by Crippen LogP contribution is 2.26. The van der Waals surface area contributed by atoms with Gasteiger partial charge in [0.25, 0.3) is 0 Å². The minimum atomic E-state index is -0.0876. The number of aromatic nitrogens is 1. The molecule has 0 radical (unpaired) electrons. The third-order valence-corrected chi connectivity index (χ3v) is 3.37. The van der Waals surface area contributed by atoms with Crippen LogP contribution in [-0.4, -0.2) is 10.9 Å². The van der Waals surface area contributed by atoms with Crippen LogP contribution in [0.25, 0.3) is 10.9 Å². The van der Waals surface area contributed by atoms with Crippen molar-refractivity contribution in [1.29, 1.82) is 0 Å². The molecule has 1 N–H and O–H groups in total. The minimum Gasteiger partial charge on any atom is -0.324 e. The summed E-state index contributed by atoms with van der Waals surface area (Å²) in [5.74, 6) is -0.0876. The van der Waals surface area contributed by atoms with Crippen LogP contribution in [0, 0.1) is 0 Å². The number of halogens is 1. The molecule has 3 rings (SSSR count). The molecule has 1 heterocycles. The number of hydrogen-bond acceptors (Lipinski definition) is 2. The molecule has 0 fully saturated rings. The molecule has 0 unspecified atom stereocenters. The van der Waals surface area contributed by atoms with Crippen LogP contribution in [0.5, 0.6) is 0 Å². The maximum atomic E-state index is 12.2. The highest BCUT2D eigenvalue weighted by molar-refractivity contribution is 6.32. The molecule has 3 nitrogen and oxygen atoms in total. The fraction of sp³-hybridized carbons (Fsp3) is 0.0588. The summed E-state index contributed by atoms with van der Waals surface area (Å²) in [7, 11) is 0. The largest absolute Gasteiger partial charge is 0.324 e. The lowest BCUT2D eigenvalue weighted by atomic mass is 10.1. The van der Waals surface area contributed by atoms with E-state index in [1.54, 1.807) is 12.3 Å². The maximum Gasteiger partial charge on any atom is 0.228 e. The minimum absolute atomic E-state index is 0.0876. The Bertz CT molecular complexity index is 787. The van der Waals surface area contributed by atoms with Crippen LogP contribution >= 0.6 is 11.6 Å². The highest BCUT2D eigenvalue weighted by atomic mass is 35.5. The van der Waals surface area contributed by atoms with Gasteiger partial charge in [-0.05, 0) is 23.8 Å². The van der Waals surface area contributed by atoms with Gasteiger partial charge in [0.1, 0.15) is 0 Å². The van der Waals surface area contributed by atoms with Crippen molar-refractivity contribution in [2.45, 2.75) is 6.42 Å². The molecule has 21 heavy (non-hydrogen) atoms. The fourth-order valence-electron chi connectivity index (χ4n) is 2.23. The van der Waals surface area contributed by atoms with Crippen LogP contribution in [0.4, 0.5) is 5.69 Å². The number of carbonyl (C=O) groups is 1. The summed E-state index contributed by atoms with van der Waals surface area (Å²) >= 11 is 6.09. The number of pyridine rings is 1. The van der Waals surface area contributed by atoms with Crippen LogP contribution in [0.2, 0.25) is 5.02 Å². The Morgan fingerprint density at radius 2 is 1.90 bits per heavy atom. The first-order valence-electron chi connectivity index (χ1n) is 6.60. The van der Waals surface area contributed by atoms with Gasteiger partial charge in [0, 0.05) is 16.6 Å². The number of rotatable bonds is 3. The molecule has 0 saturated heterocycles. The normalized spacial score (nSPS) is 10.5. The Labute approximate surface area is 127 Å². The number of nitrogens with zero attached hydrogens (tertiary/aromatic N) is 1. The van der Waals surface area contributed by atoms with Gasteiger partial charge >= 0.3 is 0 Å². The summed E-state index contributed by atoms with van der Waals surface area (Å²) in [4.78, 5) is 16.5. The zero-order valence-corrected chi connectivity index (χ0v) is 12.0. The molecule has 0 saturated carbocycles. The van der Waals surface area contributed by atoms with Gasteiger partial charge in [0.15, 0.2) is 0 Å². The van der Waals surface area contributed by atoms with Crippen LogP contribution in [0.1, 0.15) is 5.56 Å². The zero-order chi connectivity index (χ0) is 14.7. The van der Waals surface area contributed by atoms with Crippen LogP contribution in [0.3, 0.4) is 0 Å². The lowest BCUT2D eigenvalue weighted by molar-refractivity contribution is -0.115. The van der Waals surface area contributed by atoms with E-state index in [1.165, 1.54) is 0 Å². The third-order valence-electron chi connectivity index (χ3n) is 3.15. The summed E-state index contributed by atoms with van der Waals surface area (Å²) < 4.78 is 0. The second kappa shape index (κ2) is 5.94. The van der Waals surface area contributed by atoms with Crippen molar-refractivity contribution in [2.24, 2.45) is 0 Å². The average molecular weight is 297 g/mol. The van der Waals surface area contributed by atoms with E-state index in [0.717, 1.165) is 16.5 Å². The lowest BCUT2D eigenvalue weighted by Gasteiger charge is -2.09. The maximum absolute atomic E-state index is 12.2. The molecule has 0 aliphatic heterocycles. The summed E-state index contributed by atoms with van der Waals surface area (Å²) in [6, 6.07) is 16.9. The topological polar surface area (TPSA) is 42.0 Å². The van der Waals surface area contributed by atoms with Crippen molar-refractivity contribution in [3.63, 3.8) is 0 Å². The SMILES string of the molecule is O=C(Cc1ccccc1)Nc1cc(Cl)cc2cccnc12. The molecule has 2 aromatic carbocycles. The van der Waals surface area contributed by atoms with Gasteiger partial charge in [-0.1, -0.05) is 48.0 Å². The second-order valence-electron chi connectivity index (χ2n) is 4.74. The number of amides is 1. The van der Waals surface area contributed by atoms with E-state index in [4.69, 9.17) is 11.6 Å². The summed E-state index contributed by atoms with van der Waals surface area (Å²) in [6.07, 6.45) is 2.02. The van der Waals surface area contributed by atoms with Crippen LogP contribution in [0.15, 0.2) is 60.8 Å². The number of hydrogen-bond donors (Lipinski definition) is 1. The number of fused-ring (bicyclic) bond motifs is 1. The van der Waals surface area contributed by atoms with Crippen molar-refractivity contribution in [3.8, 4) is 0 Å². The van der Waals surface area contributed by atoms with E-state index >= 15 is 0 Å². The van der Waals surface area contributed by atoms with Gasteiger partial charge in [-0.15, -0.1) is 0 Å². The predicted molar refractivity (Wildman–Crippen MR) is 85.5 cm³/mol. The van der Waals surface area contributed by atoms with E-state index in [2.05, 4.69) is 10.3 Å².